The Morgan fingerprint density at radius 2 is 1.92 bits per heavy atom. The molecule has 0 amide bonds. The van der Waals surface area contributed by atoms with Crippen LogP contribution < -0.4 is 4.72 Å². The summed E-state index contributed by atoms with van der Waals surface area (Å²) >= 11 is 5.85. The molecule has 1 aromatic heterocycles. The highest BCUT2D eigenvalue weighted by molar-refractivity contribution is 7.88. The maximum absolute atomic E-state index is 12.5. The summed E-state index contributed by atoms with van der Waals surface area (Å²) in [5.74, 6) is -0.0763. The van der Waals surface area contributed by atoms with Gasteiger partial charge in [0.2, 0.25) is 10.0 Å². The van der Waals surface area contributed by atoms with Gasteiger partial charge in [-0.25, -0.2) is 13.1 Å². The van der Waals surface area contributed by atoms with E-state index >= 15 is 0 Å². The monoisotopic (exact) mass is 395 g/mol. The van der Waals surface area contributed by atoms with Crippen molar-refractivity contribution in [1.82, 2.24) is 14.6 Å². The third-order valence-electron chi connectivity index (χ3n) is 4.32. The van der Waals surface area contributed by atoms with Gasteiger partial charge in [-0.1, -0.05) is 29.8 Å². The standard InChI is InChI=1S/C18H22ClN3O3S/c19-17-5-3-15(4-6-17)14-26(23,24)21-13-18(16-2-1-7-20-12-16)22-8-10-25-11-9-22/h1-7,12,18,21H,8-11,13-14H2. The average molecular weight is 396 g/mol. The minimum absolute atomic E-state index is 0.0763. The maximum atomic E-state index is 12.5. The van der Waals surface area contributed by atoms with Crippen molar-refractivity contribution in [2.45, 2.75) is 11.8 Å². The van der Waals surface area contributed by atoms with Gasteiger partial charge in [-0.3, -0.25) is 9.88 Å². The number of aromatic nitrogens is 1. The molecule has 1 saturated heterocycles. The van der Waals surface area contributed by atoms with Gasteiger partial charge in [0.15, 0.2) is 0 Å². The van der Waals surface area contributed by atoms with E-state index in [1.54, 1.807) is 36.7 Å². The molecule has 1 unspecified atom stereocenters. The predicted molar refractivity (Wildman–Crippen MR) is 101 cm³/mol. The Labute approximate surface area is 159 Å². The van der Waals surface area contributed by atoms with Crippen LogP contribution in [0.1, 0.15) is 17.2 Å². The smallest absolute Gasteiger partial charge is 0.215 e. The topological polar surface area (TPSA) is 71.5 Å². The Morgan fingerprint density at radius 1 is 1.19 bits per heavy atom. The highest BCUT2D eigenvalue weighted by atomic mass is 35.5. The van der Waals surface area contributed by atoms with Crippen molar-refractivity contribution in [3.05, 3.63) is 64.9 Å². The van der Waals surface area contributed by atoms with Crippen LogP contribution in [0.15, 0.2) is 48.8 Å². The van der Waals surface area contributed by atoms with Crippen molar-refractivity contribution in [2.75, 3.05) is 32.8 Å². The van der Waals surface area contributed by atoms with Gasteiger partial charge in [-0.15, -0.1) is 0 Å². The Kier molecular flexibility index (Phi) is 6.61. The molecule has 1 atom stereocenters. The van der Waals surface area contributed by atoms with Crippen molar-refractivity contribution in [2.24, 2.45) is 0 Å². The fourth-order valence-electron chi connectivity index (χ4n) is 2.98. The molecule has 26 heavy (non-hydrogen) atoms. The molecule has 0 saturated carbocycles. The molecule has 1 fully saturated rings. The molecule has 2 aromatic rings. The lowest BCUT2D eigenvalue weighted by Crippen LogP contribution is -2.44. The number of sulfonamides is 1. The van der Waals surface area contributed by atoms with Crippen LogP contribution in [-0.4, -0.2) is 51.1 Å². The second-order valence-electron chi connectivity index (χ2n) is 6.18. The minimum Gasteiger partial charge on any atom is -0.379 e. The molecular formula is C18H22ClN3O3S. The van der Waals surface area contributed by atoms with E-state index in [0.717, 1.165) is 18.7 Å². The summed E-state index contributed by atoms with van der Waals surface area (Å²) in [5, 5.41) is 0.586. The maximum Gasteiger partial charge on any atom is 0.215 e. The molecule has 1 aliphatic heterocycles. The first kappa shape index (κ1) is 19.3. The zero-order valence-corrected chi connectivity index (χ0v) is 15.9. The summed E-state index contributed by atoms with van der Waals surface area (Å²) in [6, 6.07) is 10.6. The van der Waals surface area contributed by atoms with Gasteiger partial charge in [0.25, 0.3) is 0 Å². The number of nitrogens with one attached hydrogen (secondary N) is 1. The molecule has 0 bridgehead atoms. The molecule has 3 rings (SSSR count). The average Bonchev–Trinajstić information content (AvgIpc) is 2.65. The lowest BCUT2D eigenvalue weighted by Gasteiger charge is -2.34. The van der Waals surface area contributed by atoms with Crippen LogP contribution >= 0.6 is 11.6 Å². The van der Waals surface area contributed by atoms with Crippen LogP contribution in [-0.2, 0) is 20.5 Å². The van der Waals surface area contributed by atoms with Crippen LogP contribution in [0.3, 0.4) is 0 Å². The SMILES string of the molecule is O=S(=O)(Cc1ccc(Cl)cc1)NCC(c1cccnc1)N1CCOCC1. The Bertz CT molecular complexity index is 794. The number of ether oxygens (including phenoxy) is 1. The Balaban J connectivity index is 1.69. The lowest BCUT2D eigenvalue weighted by atomic mass is 10.1. The number of pyridine rings is 1. The second-order valence-corrected chi connectivity index (χ2v) is 8.43. The van der Waals surface area contributed by atoms with E-state index < -0.39 is 10.0 Å². The largest absolute Gasteiger partial charge is 0.379 e. The Hall–Kier alpha value is -1.51. The normalized spacial score (nSPS) is 17.1. The number of hydrogen-bond acceptors (Lipinski definition) is 5. The molecule has 140 valence electrons. The number of halogens is 1. The van der Waals surface area contributed by atoms with Gasteiger partial charge in [0.1, 0.15) is 0 Å². The molecule has 0 aliphatic carbocycles. The highest BCUT2D eigenvalue weighted by Gasteiger charge is 2.24. The number of nitrogens with zero attached hydrogens (tertiary/aromatic N) is 2. The van der Waals surface area contributed by atoms with Crippen LogP contribution in [0, 0.1) is 0 Å². The van der Waals surface area contributed by atoms with Gasteiger partial charge < -0.3 is 4.74 Å². The summed E-state index contributed by atoms with van der Waals surface area (Å²) in [5.41, 5.74) is 1.69. The molecule has 6 nitrogen and oxygen atoms in total. The van der Waals surface area contributed by atoms with Crippen molar-refractivity contribution in [3.63, 3.8) is 0 Å². The van der Waals surface area contributed by atoms with Gasteiger partial charge in [0, 0.05) is 37.1 Å². The highest BCUT2D eigenvalue weighted by Crippen LogP contribution is 2.21. The van der Waals surface area contributed by atoms with Gasteiger partial charge in [-0.05, 0) is 29.3 Å². The van der Waals surface area contributed by atoms with Crippen LogP contribution in [0.25, 0.3) is 0 Å². The van der Waals surface area contributed by atoms with E-state index in [0.29, 0.717) is 30.3 Å². The van der Waals surface area contributed by atoms with Gasteiger partial charge in [0.05, 0.1) is 25.0 Å². The molecule has 1 aliphatic rings. The lowest BCUT2D eigenvalue weighted by molar-refractivity contribution is 0.0171. The van der Waals surface area contributed by atoms with Crippen LogP contribution in [0.2, 0.25) is 5.02 Å². The molecule has 8 heteroatoms. The third kappa shape index (κ3) is 5.49. The van der Waals surface area contributed by atoms with Crippen molar-refractivity contribution in [3.8, 4) is 0 Å². The first-order chi connectivity index (χ1) is 12.5. The number of hydrogen-bond donors (Lipinski definition) is 1. The first-order valence-electron chi connectivity index (χ1n) is 8.47. The van der Waals surface area contributed by atoms with E-state index in [9.17, 15) is 8.42 Å². The fraction of sp³-hybridized carbons (Fsp3) is 0.389. The molecule has 1 aromatic carbocycles. The fourth-order valence-corrected chi connectivity index (χ4v) is 4.25. The summed E-state index contributed by atoms with van der Waals surface area (Å²) in [6.45, 7) is 3.11. The second kappa shape index (κ2) is 8.92. The number of benzene rings is 1. The summed E-state index contributed by atoms with van der Waals surface area (Å²) in [4.78, 5) is 6.40. The molecule has 1 N–H and O–H groups in total. The summed E-state index contributed by atoms with van der Waals surface area (Å²) in [7, 11) is -3.46. The number of morpholine rings is 1. The first-order valence-corrected chi connectivity index (χ1v) is 10.5. The summed E-state index contributed by atoms with van der Waals surface area (Å²) in [6.07, 6.45) is 3.50. The van der Waals surface area contributed by atoms with Crippen molar-refractivity contribution in [1.29, 1.82) is 0 Å². The van der Waals surface area contributed by atoms with E-state index in [1.165, 1.54) is 0 Å². The van der Waals surface area contributed by atoms with E-state index in [4.69, 9.17) is 16.3 Å². The Morgan fingerprint density at radius 3 is 2.58 bits per heavy atom. The zero-order chi connectivity index (χ0) is 18.4. The van der Waals surface area contributed by atoms with Crippen LogP contribution in [0.5, 0.6) is 0 Å². The summed E-state index contributed by atoms with van der Waals surface area (Å²) < 4.78 is 33.2. The van der Waals surface area contributed by atoms with Gasteiger partial charge in [-0.2, -0.15) is 0 Å². The van der Waals surface area contributed by atoms with Gasteiger partial charge >= 0.3 is 0 Å². The van der Waals surface area contributed by atoms with Crippen molar-refractivity contribution < 1.29 is 13.2 Å². The van der Waals surface area contributed by atoms with E-state index in [1.807, 2.05) is 12.1 Å². The van der Waals surface area contributed by atoms with Crippen LogP contribution in [0.4, 0.5) is 0 Å². The van der Waals surface area contributed by atoms with E-state index in [2.05, 4.69) is 14.6 Å². The molecule has 0 spiro atoms. The molecular weight excluding hydrogens is 374 g/mol. The molecule has 2 heterocycles. The predicted octanol–water partition coefficient (Wildman–Crippen LogP) is 2.23. The zero-order valence-electron chi connectivity index (χ0n) is 14.3. The molecule has 0 radical (unpaired) electrons. The minimum atomic E-state index is -3.46. The quantitative estimate of drug-likeness (QED) is 0.778. The number of rotatable bonds is 7. The van der Waals surface area contributed by atoms with E-state index in [-0.39, 0.29) is 11.8 Å². The third-order valence-corrected chi connectivity index (χ3v) is 5.89. The van der Waals surface area contributed by atoms with Crippen molar-refractivity contribution >= 4 is 21.6 Å².